The monoisotopic (exact) mass is 570 g/mol. The van der Waals surface area contributed by atoms with E-state index in [1.807, 2.05) is 38.1 Å². The summed E-state index contributed by atoms with van der Waals surface area (Å²) in [5, 5.41) is 2.38. The van der Waals surface area contributed by atoms with E-state index < -0.39 is 5.82 Å². The van der Waals surface area contributed by atoms with Gasteiger partial charge in [-0.15, -0.1) is 0 Å². The lowest BCUT2D eigenvalue weighted by Gasteiger charge is -2.33. The highest BCUT2D eigenvalue weighted by atomic mass is 19.1. The molecule has 7 rings (SSSR count). The molecule has 2 bridgehead atoms. The minimum absolute atomic E-state index is 0.105. The Morgan fingerprint density at radius 2 is 1.76 bits per heavy atom. The summed E-state index contributed by atoms with van der Waals surface area (Å²) in [6, 6.07) is 11.3. The van der Waals surface area contributed by atoms with Crippen molar-refractivity contribution in [3.8, 4) is 17.1 Å². The molecular weight excluding hydrogens is 530 g/mol. The second kappa shape index (κ2) is 10.4. The summed E-state index contributed by atoms with van der Waals surface area (Å²) in [6.45, 7) is 7.25. The zero-order chi connectivity index (χ0) is 29.2. The number of anilines is 1. The molecule has 42 heavy (non-hydrogen) atoms. The van der Waals surface area contributed by atoms with Crippen LogP contribution in [0.3, 0.4) is 0 Å². The minimum atomic E-state index is -0.409. The van der Waals surface area contributed by atoms with Gasteiger partial charge in [-0.3, -0.25) is 0 Å². The predicted molar refractivity (Wildman–Crippen MR) is 165 cm³/mol. The van der Waals surface area contributed by atoms with E-state index in [1.54, 1.807) is 6.07 Å². The molecule has 3 aromatic carbocycles. The second-order valence-corrected chi connectivity index (χ2v) is 13.4. The van der Waals surface area contributed by atoms with Crippen LogP contribution in [0.4, 0.5) is 14.6 Å². The van der Waals surface area contributed by atoms with Crippen LogP contribution in [-0.4, -0.2) is 55.2 Å². The topological polar surface area (TPSA) is 41.5 Å². The Balaban J connectivity index is 1.38. The zero-order valence-electron chi connectivity index (χ0n) is 25.1. The van der Waals surface area contributed by atoms with E-state index in [9.17, 15) is 4.39 Å². The lowest BCUT2D eigenvalue weighted by molar-refractivity contribution is 0.183. The van der Waals surface area contributed by atoms with E-state index in [1.165, 1.54) is 25.3 Å². The summed E-state index contributed by atoms with van der Waals surface area (Å²) in [7, 11) is 4.16. The standard InChI is InChI=1S/C35H40F2N4O/c1-5-25-29(36)11-8-24-14-21(2)15-28(30(24)25)26-9-10-27-32(31(26)37)38-34(42-20-35(12-13-35)19-40(3)4)39-33(27)41-17-22-6-7-23(16-22)18-41/h8-11,14-15,22-23H,5-7,12-13,16-20H2,1-4H3. The van der Waals surface area contributed by atoms with Crippen molar-refractivity contribution >= 4 is 27.5 Å². The molecule has 0 amide bonds. The van der Waals surface area contributed by atoms with Gasteiger partial charge in [-0.05, 0) is 111 Å². The maximum absolute atomic E-state index is 16.8. The second-order valence-electron chi connectivity index (χ2n) is 13.4. The SMILES string of the molecule is CCc1c(F)ccc2cc(C)cc(-c3ccc4c(N5CC6CCC(C6)C5)nc(OCC5(CN(C)C)CC5)nc4c3F)c12. The number of hydrogen-bond donors (Lipinski definition) is 0. The highest BCUT2D eigenvalue weighted by molar-refractivity contribution is 6.02. The quantitative estimate of drug-likeness (QED) is 0.219. The molecular formula is C35H40F2N4O. The van der Waals surface area contributed by atoms with Gasteiger partial charge in [-0.2, -0.15) is 9.97 Å². The third-order valence-corrected chi connectivity index (χ3v) is 9.74. The van der Waals surface area contributed by atoms with Gasteiger partial charge in [0.1, 0.15) is 17.2 Å². The summed E-state index contributed by atoms with van der Waals surface area (Å²) in [4.78, 5) is 14.2. The van der Waals surface area contributed by atoms with Gasteiger partial charge < -0.3 is 14.5 Å². The predicted octanol–water partition coefficient (Wildman–Crippen LogP) is 7.56. The maximum Gasteiger partial charge on any atom is 0.319 e. The first-order chi connectivity index (χ1) is 20.2. The molecule has 4 aromatic rings. The van der Waals surface area contributed by atoms with Gasteiger partial charge in [0.05, 0.1) is 6.61 Å². The van der Waals surface area contributed by atoms with Crippen molar-refractivity contribution in [2.75, 3.05) is 45.2 Å². The molecule has 1 aliphatic heterocycles. The molecule has 1 saturated heterocycles. The molecule has 1 aromatic heterocycles. The number of halogens is 2. The number of piperidine rings is 1. The van der Waals surface area contributed by atoms with E-state index in [2.05, 4.69) is 23.9 Å². The Morgan fingerprint density at radius 3 is 2.45 bits per heavy atom. The van der Waals surface area contributed by atoms with Crippen molar-refractivity contribution in [3.05, 3.63) is 59.2 Å². The zero-order valence-corrected chi connectivity index (χ0v) is 25.1. The molecule has 2 heterocycles. The van der Waals surface area contributed by atoms with Crippen LogP contribution in [0, 0.1) is 35.8 Å². The van der Waals surface area contributed by atoms with Crippen molar-refractivity contribution in [1.82, 2.24) is 14.9 Å². The van der Waals surface area contributed by atoms with Crippen LogP contribution >= 0.6 is 0 Å². The normalized spacial score (nSPS) is 21.1. The number of aromatic nitrogens is 2. The van der Waals surface area contributed by atoms with Crippen molar-refractivity contribution in [1.29, 1.82) is 0 Å². The molecule has 0 N–H and O–H groups in total. The van der Waals surface area contributed by atoms with Crippen molar-refractivity contribution in [3.63, 3.8) is 0 Å². The van der Waals surface area contributed by atoms with Crippen LogP contribution in [0.1, 0.15) is 50.2 Å². The van der Waals surface area contributed by atoms with Gasteiger partial charge in [0, 0.05) is 36.0 Å². The van der Waals surface area contributed by atoms with Crippen LogP contribution in [-0.2, 0) is 6.42 Å². The Labute approximate surface area is 246 Å². The van der Waals surface area contributed by atoms with E-state index in [4.69, 9.17) is 14.7 Å². The average Bonchev–Trinajstić information content (AvgIpc) is 3.64. The molecule has 2 atom stereocenters. The van der Waals surface area contributed by atoms with E-state index >= 15 is 4.39 Å². The molecule has 5 nitrogen and oxygen atoms in total. The Morgan fingerprint density at radius 1 is 1.00 bits per heavy atom. The Bertz CT molecular complexity index is 1670. The summed E-state index contributed by atoms with van der Waals surface area (Å²) >= 11 is 0. The first-order valence-electron chi connectivity index (χ1n) is 15.5. The first-order valence-corrected chi connectivity index (χ1v) is 15.5. The van der Waals surface area contributed by atoms with Crippen molar-refractivity contribution in [2.45, 2.75) is 52.4 Å². The van der Waals surface area contributed by atoms with Gasteiger partial charge in [0.2, 0.25) is 0 Å². The Hall–Kier alpha value is -3.32. The largest absolute Gasteiger partial charge is 0.463 e. The summed E-state index contributed by atoms with van der Waals surface area (Å²) in [5.74, 6) is 1.40. The summed E-state index contributed by atoms with van der Waals surface area (Å²) in [5.41, 5.74) is 3.10. The molecule has 2 aliphatic carbocycles. The van der Waals surface area contributed by atoms with Crippen molar-refractivity contribution < 1.29 is 13.5 Å². The fourth-order valence-electron chi connectivity index (χ4n) is 7.66. The highest BCUT2D eigenvalue weighted by Crippen LogP contribution is 2.47. The molecule has 3 aliphatic rings. The van der Waals surface area contributed by atoms with Crippen LogP contribution in [0.5, 0.6) is 6.01 Å². The van der Waals surface area contributed by atoms with Gasteiger partial charge >= 0.3 is 6.01 Å². The van der Waals surface area contributed by atoms with E-state index in [0.29, 0.717) is 46.9 Å². The van der Waals surface area contributed by atoms with Crippen LogP contribution in [0.25, 0.3) is 32.8 Å². The molecule has 0 radical (unpaired) electrons. The summed E-state index contributed by atoms with van der Waals surface area (Å²) < 4.78 is 38.1. The number of hydrogen-bond acceptors (Lipinski definition) is 5. The fourth-order valence-corrected chi connectivity index (χ4v) is 7.66. The Kier molecular flexibility index (Phi) is 6.84. The highest BCUT2D eigenvalue weighted by Gasteiger charge is 2.44. The molecule has 3 fully saturated rings. The van der Waals surface area contributed by atoms with Crippen molar-refractivity contribution in [2.24, 2.45) is 17.3 Å². The van der Waals surface area contributed by atoms with Crippen LogP contribution in [0.2, 0.25) is 0 Å². The summed E-state index contributed by atoms with van der Waals surface area (Å²) in [6.07, 6.45) is 6.49. The minimum Gasteiger partial charge on any atom is -0.463 e. The van der Waals surface area contributed by atoms with E-state index in [0.717, 1.165) is 54.6 Å². The lowest BCUT2D eigenvalue weighted by Crippen LogP contribution is -2.37. The number of aryl methyl sites for hydroxylation is 2. The number of benzene rings is 3. The van der Waals surface area contributed by atoms with Gasteiger partial charge in [0.25, 0.3) is 0 Å². The van der Waals surface area contributed by atoms with E-state index in [-0.39, 0.29) is 22.8 Å². The number of nitrogens with zero attached hydrogens (tertiary/aromatic N) is 4. The maximum atomic E-state index is 16.8. The number of ether oxygens (including phenoxy) is 1. The van der Waals surface area contributed by atoms with Gasteiger partial charge in [-0.25, -0.2) is 8.78 Å². The third kappa shape index (κ3) is 4.89. The third-order valence-electron chi connectivity index (χ3n) is 9.74. The number of fused-ring (bicyclic) bond motifs is 4. The molecule has 220 valence electrons. The van der Waals surface area contributed by atoms with Crippen LogP contribution in [0.15, 0.2) is 36.4 Å². The average molecular weight is 571 g/mol. The smallest absolute Gasteiger partial charge is 0.319 e. The van der Waals surface area contributed by atoms with Gasteiger partial charge in [0.15, 0.2) is 5.82 Å². The first kappa shape index (κ1) is 27.5. The lowest BCUT2D eigenvalue weighted by atomic mass is 9.91. The molecule has 2 saturated carbocycles. The molecule has 0 spiro atoms. The fraction of sp³-hybridized carbons (Fsp3) is 0.486. The molecule has 2 unspecified atom stereocenters. The van der Waals surface area contributed by atoms with Crippen LogP contribution < -0.4 is 9.64 Å². The molecule has 7 heteroatoms. The van der Waals surface area contributed by atoms with Gasteiger partial charge in [-0.1, -0.05) is 31.2 Å². The number of rotatable bonds is 8.